The first kappa shape index (κ1) is 20.0. The topological polar surface area (TPSA) is 60.5 Å². The van der Waals surface area contributed by atoms with Gasteiger partial charge in [-0.15, -0.1) is 11.3 Å². The number of hydrogen-bond donors (Lipinski definition) is 1. The number of halogens is 3. The van der Waals surface area contributed by atoms with Crippen LogP contribution in [0.15, 0.2) is 48.7 Å². The first-order chi connectivity index (χ1) is 13.4. The molecule has 0 spiro atoms. The molecule has 3 rings (SSSR count). The quantitative estimate of drug-likeness (QED) is 0.562. The maximum Gasteiger partial charge on any atom is 0.387 e. The highest BCUT2D eigenvalue weighted by molar-refractivity contribution is 7.15. The van der Waals surface area contributed by atoms with Crippen molar-refractivity contribution in [3.05, 3.63) is 69.7 Å². The van der Waals surface area contributed by atoms with Crippen molar-refractivity contribution in [2.24, 2.45) is 0 Å². The Morgan fingerprint density at radius 3 is 2.79 bits per heavy atom. The zero-order valence-electron chi connectivity index (χ0n) is 14.6. The third kappa shape index (κ3) is 5.17. The second-order valence-electron chi connectivity index (χ2n) is 5.64. The van der Waals surface area contributed by atoms with Crippen molar-refractivity contribution in [2.75, 3.05) is 12.4 Å². The summed E-state index contributed by atoms with van der Waals surface area (Å²) in [4.78, 5) is 17.5. The average Bonchev–Trinajstić information content (AvgIpc) is 3.08. The highest BCUT2D eigenvalue weighted by atomic mass is 35.5. The maximum atomic E-state index is 12.5. The molecule has 5 nitrogen and oxygen atoms in total. The molecule has 0 aliphatic heterocycles. The van der Waals surface area contributed by atoms with Crippen molar-refractivity contribution in [1.82, 2.24) is 4.98 Å². The van der Waals surface area contributed by atoms with Crippen LogP contribution < -0.4 is 14.8 Å². The molecule has 0 saturated carbocycles. The van der Waals surface area contributed by atoms with Crippen LogP contribution in [0.1, 0.15) is 20.8 Å². The van der Waals surface area contributed by atoms with E-state index in [4.69, 9.17) is 16.3 Å². The predicted molar refractivity (Wildman–Crippen MR) is 104 cm³/mol. The minimum absolute atomic E-state index is 0.106. The Kier molecular flexibility index (Phi) is 6.43. The molecule has 0 unspecified atom stereocenters. The summed E-state index contributed by atoms with van der Waals surface area (Å²) in [6.45, 7) is -3.03. The van der Waals surface area contributed by atoms with Gasteiger partial charge in [-0.1, -0.05) is 23.7 Å². The van der Waals surface area contributed by atoms with Gasteiger partial charge < -0.3 is 9.47 Å². The summed E-state index contributed by atoms with van der Waals surface area (Å²) < 4.78 is 34.4. The van der Waals surface area contributed by atoms with E-state index in [1.165, 1.54) is 36.6 Å². The Labute approximate surface area is 168 Å². The SMILES string of the molecule is COc1ccc(C(=O)Nc2ncc(Cc3cccc(Cl)c3)s2)cc1OC(F)F. The summed E-state index contributed by atoms with van der Waals surface area (Å²) in [7, 11) is 1.32. The Morgan fingerprint density at radius 2 is 2.07 bits per heavy atom. The molecule has 0 atom stereocenters. The van der Waals surface area contributed by atoms with Gasteiger partial charge in [0.15, 0.2) is 16.6 Å². The minimum Gasteiger partial charge on any atom is -0.493 e. The summed E-state index contributed by atoms with van der Waals surface area (Å²) in [5.74, 6) is -0.605. The zero-order chi connectivity index (χ0) is 20.1. The minimum atomic E-state index is -3.03. The van der Waals surface area contributed by atoms with E-state index in [0.717, 1.165) is 10.4 Å². The lowest BCUT2D eigenvalue weighted by atomic mass is 10.1. The second-order valence-corrected chi connectivity index (χ2v) is 7.19. The van der Waals surface area contributed by atoms with E-state index in [1.807, 2.05) is 18.2 Å². The molecule has 0 radical (unpaired) electrons. The molecule has 28 heavy (non-hydrogen) atoms. The van der Waals surface area contributed by atoms with Crippen LogP contribution in [-0.2, 0) is 6.42 Å². The largest absolute Gasteiger partial charge is 0.493 e. The lowest BCUT2D eigenvalue weighted by molar-refractivity contribution is -0.0512. The third-order valence-electron chi connectivity index (χ3n) is 3.68. The average molecular weight is 425 g/mol. The molecule has 0 aliphatic rings. The Balaban J connectivity index is 1.70. The Morgan fingerprint density at radius 1 is 1.25 bits per heavy atom. The number of alkyl halides is 2. The van der Waals surface area contributed by atoms with Gasteiger partial charge in [0.05, 0.1) is 7.11 Å². The number of rotatable bonds is 7. The summed E-state index contributed by atoms with van der Waals surface area (Å²) in [5, 5.41) is 3.70. The summed E-state index contributed by atoms with van der Waals surface area (Å²) in [6.07, 6.45) is 2.30. The fraction of sp³-hybridized carbons (Fsp3) is 0.158. The number of nitrogens with zero attached hydrogens (tertiary/aromatic N) is 1. The van der Waals surface area contributed by atoms with Crippen molar-refractivity contribution < 1.29 is 23.0 Å². The number of thiazole rings is 1. The van der Waals surface area contributed by atoms with Gasteiger partial charge >= 0.3 is 6.61 Å². The highest BCUT2D eigenvalue weighted by Crippen LogP contribution is 2.30. The molecule has 0 saturated heterocycles. The Hall–Kier alpha value is -2.71. The Bertz CT molecular complexity index is 981. The van der Waals surface area contributed by atoms with Crippen LogP contribution in [0.2, 0.25) is 5.02 Å². The van der Waals surface area contributed by atoms with E-state index in [0.29, 0.717) is 16.6 Å². The van der Waals surface area contributed by atoms with Crippen molar-refractivity contribution in [3.63, 3.8) is 0 Å². The number of anilines is 1. The van der Waals surface area contributed by atoms with Gasteiger partial charge in [-0.05, 0) is 35.9 Å². The van der Waals surface area contributed by atoms with E-state index in [1.54, 1.807) is 12.3 Å². The van der Waals surface area contributed by atoms with Crippen LogP contribution in [0.25, 0.3) is 0 Å². The van der Waals surface area contributed by atoms with E-state index in [2.05, 4.69) is 15.0 Å². The number of hydrogen-bond acceptors (Lipinski definition) is 5. The van der Waals surface area contributed by atoms with Gasteiger partial charge in [0.2, 0.25) is 0 Å². The summed E-state index contributed by atoms with van der Waals surface area (Å²) in [5.41, 5.74) is 1.17. The van der Waals surface area contributed by atoms with Crippen LogP contribution >= 0.6 is 22.9 Å². The summed E-state index contributed by atoms with van der Waals surface area (Å²) >= 11 is 7.30. The first-order valence-corrected chi connectivity index (χ1v) is 9.27. The fourth-order valence-corrected chi connectivity index (χ4v) is 3.53. The number of amides is 1. The molecular weight excluding hydrogens is 410 g/mol. The van der Waals surface area contributed by atoms with Crippen molar-refractivity contribution >= 4 is 34.0 Å². The maximum absolute atomic E-state index is 12.5. The van der Waals surface area contributed by atoms with Crippen LogP contribution in [0.5, 0.6) is 11.5 Å². The number of benzene rings is 2. The van der Waals surface area contributed by atoms with Gasteiger partial charge in [-0.2, -0.15) is 8.78 Å². The molecule has 1 N–H and O–H groups in total. The van der Waals surface area contributed by atoms with Gasteiger partial charge in [0.1, 0.15) is 0 Å². The molecule has 2 aromatic carbocycles. The van der Waals surface area contributed by atoms with Gasteiger partial charge in [0, 0.05) is 28.1 Å². The van der Waals surface area contributed by atoms with Crippen LogP contribution in [0.3, 0.4) is 0 Å². The number of aromatic nitrogens is 1. The van der Waals surface area contributed by atoms with Gasteiger partial charge in [0.25, 0.3) is 5.91 Å². The third-order valence-corrected chi connectivity index (χ3v) is 4.83. The molecule has 9 heteroatoms. The lowest BCUT2D eigenvalue weighted by Crippen LogP contribution is -2.12. The molecular formula is C19H15ClF2N2O3S. The number of methoxy groups -OCH3 is 1. The number of ether oxygens (including phenoxy) is 2. The molecule has 0 aliphatic carbocycles. The van der Waals surface area contributed by atoms with Crippen LogP contribution in [0, 0.1) is 0 Å². The van der Waals surface area contributed by atoms with E-state index < -0.39 is 12.5 Å². The molecule has 0 fully saturated rings. The molecule has 0 bridgehead atoms. The normalized spacial score (nSPS) is 10.8. The molecule has 1 heterocycles. The predicted octanol–water partition coefficient (Wildman–Crippen LogP) is 5.25. The monoisotopic (exact) mass is 424 g/mol. The van der Waals surface area contributed by atoms with Crippen LogP contribution in [-0.4, -0.2) is 24.6 Å². The standard InChI is InChI=1S/C19H15ClF2N2O3S/c1-26-15-6-5-12(9-16(15)27-18(21)22)17(25)24-19-23-10-14(28-19)8-11-3-2-4-13(20)7-11/h2-7,9-10,18H,8H2,1H3,(H,23,24,25). The number of carbonyl (C=O) groups excluding carboxylic acids is 1. The molecule has 3 aromatic rings. The van der Waals surface area contributed by atoms with Crippen molar-refractivity contribution in [3.8, 4) is 11.5 Å². The second kappa shape index (κ2) is 8.99. The van der Waals surface area contributed by atoms with E-state index >= 15 is 0 Å². The number of carbonyl (C=O) groups is 1. The molecule has 1 aromatic heterocycles. The molecule has 146 valence electrons. The zero-order valence-corrected chi connectivity index (χ0v) is 16.2. The van der Waals surface area contributed by atoms with Crippen molar-refractivity contribution in [1.29, 1.82) is 0 Å². The highest BCUT2D eigenvalue weighted by Gasteiger charge is 2.16. The van der Waals surface area contributed by atoms with E-state index in [9.17, 15) is 13.6 Å². The van der Waals surface area contributed by atoms with Crippen molar-refractivity contribution in [2.45, 2.75) is 13.0 Å². The molecule has 1 amide bonds. The van der Waals surface area contributed by atoms with Gasteiger partial charge in [-0.3, -0.25) is 10.1 Å². The summed E-state index contributed by atoms with van der Waals surface area (Å²) in [6, 6.07) is 11.5. The smallest absolute Gasteiger partial charge is 0.387 e. The van der Waals surface area contributed by atoms with Crippen LogP contribution in [0.4, 0.5) is 13.9 Å². The fourth-order valence-electron chi connectivity index (χ4n) is 2.47. The van der Waals surface area contributed by atoms with Gasteiger partial charge in [-0.25, -0.2) is 4.98 Å². The number of nitrogens with one attached hydrogen (secondary N) is 1. The first-order valence-electron chi connectivity index (χ1n) is 8.08. The lowest BCUT2D eigenvalue weighted by Gasteiger charge is -2.11. The van der Waals surface area contributed by atoms with E-state index in [-0.39, 0.29) is 17.1 Å².